The molecule has 0 aliphatic heterocycles. The number of benzene rings is 1. The van der Waals surface area contributed by atoms with Crippen LogP contribution in [0.5, 0.6) is 0 Å². The molecule has 0 saturated heterocycles. The molecule has 1 N–H and O–H groups in total. The molecule has 1 atom stereocenters. The average molecular weight is 358 g/mol. The second-order valence-electron chi connectivity index (χ2n) is 5.16. The molecule has 114 valence electrons. The number of amides is 1. The van der Waals surface area contributed by atoms with E-state index in [1.165, 1.54) is 25.1 Å². The summed E-state index contributed by atoms with van der Waals surface area (Å²) in [6.45, 7) is 1.53. The minimum absolute atomic E-state index is 0.177. The first-order chi connectivity index (χ1) is 9.97. The van der Waals surface area contributed by atoms with E-state index in [-0.39, 0.29) is 17.5 Å². The fraction of sp³-hybridized carbons (Fsp3) is 0.467. The van der Waals surface area contributed by atoms with Gasteiger partial charge in [0.25, 0.3) is 5.91 Å². The second-order valence-corrected chi connectivity index (χ2v) is 6.02. The van der Waals surface area contributed by atoms with Crippen molar-refractivity contribution in [2.45, 2.75) is 44.8 Å². The predicted molar refractivity (Wildman–Crippen MR) is 79.4 cm³/mol. The minimum Gasteiger partial charge on any atom is -0.449 e. The molecule has 0 aromatic heterocycles. The number of carbonyl (C=O) groups is 2. The van der Waals surface area contributed by atoms with Gasteiger partial charge in [-0.05, 0) is 53.9 Å². The van der Waals surface area contributed by atoms with Crippen LogP contribution in [0.3, 0.4) is 0 Å². The first-order valence-corrected chi connectivity index (χ1v) is 7.73. The van der Waals surface area contributed by atoms with Crippen molar-refractivity contribution in [3.63, 3.8) is 0 Å². The molecule has 1 aromatic rings. The van der Waals surface area contributed by atoms with Gasteiger partial charge in [0.15, 0.2) is 6.10 Å². The van der Waals surface area contributed by atoms with Crippen molar-refractivity contribution in [3.8, 4) is 0 Å². The summed E-state index contributed by atoms with van der Waals surface area (Å²) in [7, 11) is 0. The molecule has 1 amide bonds. The summed E-state index contributed by atoms with van der Waals surface area (Å²) in [5.41, 5.74) is 0.192. The first kappa shape index (κ1) is 15.9. The van der Waals surface area contributed by atoms with Crippen molar-refractivity contribution in [1.82, 2.24) is 5.32 Å². The van der Waals surface area contributed by atoms with Crippen LogP contribution < -0.4 is 5.32 Å². The highest BCUT2D eigenvalue weighted by Crippen LogP contribution is 2.20. The van der Waals surface area contributed by atoms with Gasteiger partial charge >= 0.3 is 5.97 Å². The van der Waals surface area contributed by atoms with E-state index in [0.29, 0.717) is 4.47 Å². The molecule has 0 bridgehead atoms. The third-order valence-electron chi connectivity index (χ3n) is 3.51. The summed E-state index contributed by atoms with van der Waals surface area (Å²) in [5, 5.41) is 2.87. The average Bonchev–Trinajstić information content (AvgIpc) is 2.91. The summed E-state index contributed by atoms with van der Waals surface area (Å²) in [6, 6.07) is 3.85. The van der Waals surface area contributed by atoms with Crippen molar-refractivity contribution in [2.24, 2.45) is 0 Å². The fourth-order valence-electron chi connectivity index (χ4n) is 2.32. The number of nitrogens with one attached hydrogen (secondary N) is 1. The normalized spacial score (nSPS) is 16.5. The van der Waals surface area contributed by atoms with Crippen molar-refractivity contribution in [2.75, 3.05) is 0 Å². The SMILES string of the molecule is C[C@@H](OC(=O)c1ccc(F)cc1Br)C(=O)NC1CCCC1. The summed E-state index contributed by atoms with van der Waals surface area (Å²) in [4.78, 5) is 23.9. The Morgan fingerprint density at radius 3 is 2.67 bits per heavy atom. The lowest BCUT2D eigenvalue weighted by Crippen LogP contribution is -2.40. The summed E-state index contributed by atoms with van der Waals surface area (Å²) in [5.74, 6) is -1.41. The summed E-state index contributed by atoms with van der Waals surface area (Å²) >= 11 is 3.10. The minimum atomic E-state index is -0.880. The van der Waals surface area contributed by atoms with Gasteiger partial charge in [0.1, 0.15) is 5.82 Å². The Morgan fingerprint density at radius 1 is 1.38 bits per heavy atom. The Morgan fingerprint density at radius 2 is 2.05 bits per heavy atom. The number of carbonyl (C=O) groups excluding carboxylic acids is 2. The molecule has 6 heteroatoms. The van der Waals surface area contributed by atoms with Crippen molar-refractivity contribution >= 4 is 27.8 Å². The third kappa shape index (κ3) is 4.27. The Balaban J connectivity index is 1.93. The topological polar surface area (TPSA) is 55.4 Å². The Bertz CT molecular complexity index is 544. The maximum atomic E-state index is 13.0. The largest absolute Gasteiger partial charge is 0.449 e. The molecule has 1 saturated carbocycles. The molecular formula is C15H17BrFNO3. The Hall–Kier alpha value is -1.43. The molecule has 0 spiro atoms. The van der Waals surface area contributed by atoms with Gasteiger partial charge in [0, 0.05) is 10.5 Å². The molecule has 0 heterocycles. The van der Waals surface area contributed by atoms with Gasteiger partial charge in [-0.1, -0.05) is 12.8 Å². The van der Waals surface area contributed by atoms with Crippen molar-refractivity contribution < 1.29 is 18.7 Å². The van der Waals surface area contributed by atoms with Gasteiger partial charge in [0.2, 0.25) is 0 Å². The van der Waals surface area contributed by atoms with Crippen LogP contribution in [-0.4, -0.2) is 24.0 Å². The van der Waals surface area contributed by atoms with Crippen LogP contribution in [0.15, 0.2) is 22.7 Å². The lowest BCUT2D eigenvalue weighted by atomic mass is 10.2. The Labute approximate surface area is 131 Å². The van der Waals surface area contributed by atoms with E-state index in [2.05, 4.69) is 21.2 Å². The molecule has 0 radical (unpaired) electrons. The maximum absolute atomic E-state index is 13.0. The highest BCUT2D eigenvalue weighted by atomic mass is 79.9. The zero-order chi connectivity index (χ0) is 15.4. The van der Waals surface area contributed by atoms with E-state index in [4.69, 9.17) is 4.74 Å². The van der Waals surface area contributed by atoms with E-state index in [1.54, 1.807) is 0 Å². The fourth-order valence-corrected chi connectivity index (χ4v) is 2.83. The van der Waals surface area contributed by atoms with Crippen LogP contribution in [0.4, 0.5) is 4.39 Å². The second kappa shape index (κ2) is 7.02. The Kier molecular flexibility index (Phi) is 5.33. The van der Waals surface area contributed by atoms with Gasteiger partial charge in [-0.15, -0.1) is 0 Å². The molecule has 1 aromatic carbocycles. The highest BCUT2D eigenvalue weighted by Gasteiger charge is 2.24. The maximum Gasteiger partial charge on any atom is 0.340 e. The molecule has 1 aliphatic carbocycles. The number of rotatable bonds is 4. The molecule has 4 nitrogen and oxygen atoms in total. The monoisotopic (exact) mass is 357 g/mol. The first-order valence-electron chi connectivity index (χ1n) is 6.94. The molecule has 1 aliphatic rings. The van der Waals surface area contributed by atoms with Gasteiger partial charge in [0.05, 0.1) is 5.56 Å². The van der Waals surface area contributed by atoms with E-state index in [1.807, 2.05) is 0 Å². The van der Waals surface area contributed by atoms with E-state index in [0.717, 1.165) is 25.7 Å². The zero-order valence-corrected chi connectivity index (χ0v) is 13.3. The quantitative estimate of drug-likeness (QED) is 0.841. The standard InChI is InChI=1S/C15H17BrFNO3/c1-9(14(19)18-11-4-2-3-5-11)21-15(20)12-7-6-10(17)8-13(12)16/h6-9,11H,2-5H2,1H3,(H,18,19)/t9-/m1/s1. The van der Waals surface area contributed by atoms with Crippen LogP contribution in [0.2, 0.25) is 0 Å². The number of ether oxygens (including phenoxy) is 1. The zero-order valence-electron chi connectivity index (χ0n) is 11.7. The van der Waals surface area contributed by atoms with Gasteiger partial charge in [-0.2, -0.15) is 0 Å². The van der Waals surface area contributed by atoms with E-state index in [9.17, 15) is 14.0 Å². The molecule has 1 fully saturated rings. The van der Waals surface area contributed by atoms with Gasteiger partial charge < -0.3 is 10.1 Å². The predicted octanol–water partition coefficient (Wildman–Crippen LogP) is 3.19. The van der Waals surface area contributed by atoms with Crippen LogP contribution in [0.25, 0.3) is 0 Å². The van der Waals surface area contributed by atoms with E-state index >= 15 is 0 Å². The summed E-state index contributed by atoms with van der Waals surface area (Å²) in [6.07, 6.45) is 3.28. The number of hydrogen-bond acceptors (Lipinski definition) is 3. The molecule has 0 unspecified atom stereocenters. The molecular weight excluding hydrogens is 341 g/mol. The lowest BCUT2D eigenvalue weighted by molar-refractivity contribution is -0.129. The number of esters is 1. The van der Waals surface area contributed by atoms with Gasteiger partial charge in [-0.25, -0.2) is 9.18 Å². The van der Waals surface area contributed by atoms with Gasteiger partial charge in [-0.3, -0.25) is 4.79 Å². The highest BCUT2D eigenvalue weighted by molar-refractivity contribution is 9.10. The number of halogens is 2. The van der Waals surface area contributed by atoms with Crippen LogP contribution in [0.1, 0.15) is 43.0 Å². The van der Waals surface area contributed by atoms with Crippen LogP contribution >= 0.6 is 15.9 Å². The summed E-state index contributed by atoms with van der Waals surface area (Å²) < 4.78 is 18.4. The lowest BCUT2D eigenvalue weighted by Gasteiger charge is -2.17. The van der Waals surface area contributed by atoms with Crippen molar-refractivity contribution in [1.29, 1.82) is 0 Å². The van der Waals surface area contributed by atoms with Crippen LogP contribution in [0, 0.1) is 5.82 Å². The van der Waals surface area contributed by atoms with Crippen LogP contribution in [-0.2, 0) is 9.53 Å². The third-order valence-corrected chi connectivity index (χ3v) is 4.16. The molecule has 21 heavy (non-hydrogen) atoms. The van der Waals surface area contributed by atoms with E-state index < -0.39 is 17.9 Å². The smallest absolute Gasteiger partial charge is 0.340 e. The van der Waals surface area contributed by atoms with Crippen molar-refractivity contribution in [3.05, 3.63) is 34.1 Å². The molecule has 2 rings (SSSR count). The number of hydrogen-bond donors (Lipinski definition) is 1.